The first-order valence-electron chi connectivity index (χ1n) is 9.52. The third-order valence-electron chi connectivity index (χ3n) is 5.30. The fourth-order valence-corrected chi connectivity index (χ4v) is 3.97. The molecule has 5 rings (SSSR count). The first kappa shape index (κ1) is 17.8. The number of rotatable bonds is 3. The summed E-state index contributed by atoms with van der Waals surface area (Å²) >= 11 is 5.98. The van der Waals surface area contributed by atoms with E-state index >= 15 is 0 Å². The Hall–Kier alpha value is -3.25. The minimum absolute atomic E-state index is 0.00987. The summed E-state index contributed by atoms with van der Waals surface area (Å²) in [6, 6.07) is 14.8. The number of nitrogens with one attached hydrogen (secondary N) is 1. The molecule has 0 radical (unpaired) electrons. The normalized spacial score (nSPS) is 16.4. The molecular formula is C22H18ClN5O. The third kappa shape index (κ3) is 3.36. The second-order valence-electron chi connectivity index (χ2n) is 7.10. The van der Waals surface area contributed by atoms with Crippen LogP contribution in [0.15, 0.2) is 61.1 Å². The average Bonchev–Trinajstić information content (AvgIpc) is 3.43. The van der Waals surface area contributed by atoms with Crippen LogP contribution in [0, 0.1) is 0 Å². The molecule has 29 heavy (non-hydrogen) atoms. The van der Waals surface area contributed by atoms with Crippen LogP contribution >= 0.6 is 11.6 Å². The molecule has 6 nitrogen and oxygen atoms in total. The predicted octanol–water partition coefficient (Wildman–Crippen LogP) is 4.65. The molecule has 144 valence electrons. The molecule has 3 heterocycles. The van der Waals surface area contributed by atoms with Crippen molar-refractivity contribution in [2.75, 3.05) is 6.54 Å². The van der Waals surface area contributed by atoms with Crippen LogP contribution in [0.4, 0.5) is 0 Å². The number of benzene rings is 2. The Labute approximate surface area is 172 Å². The zero-order valence-electron chi connectivity index (χ0n) is 15.5. The van der Waals surface area contributed by atoms with E-state index in [9.17, 15) is 4.79 Å². The van der Waals surface area contributed by atoms with Crippen molar-refractivity contribution in [3.8, 4) is 11.4 Å². The maximum absolute atomic E-state index is 13.2. The molecule has 1 amide bonds. The molecule has 1 aliphatic heterocycles. The average molecular weight is 404 g/mol. The molecule has 2 aromatic carbocycles. The van der Waals surface area contributed by atoms with Crippen LogP contribution in [0.2, 0.25) is 5.02 Å². The van der Waals surface area contributed by atoms with Crippen LogP contribution in [-0.2, 0) is 0 Å². The van der Waals surface area contributed by atoms with Gasteiger partial charge in [-0.05, 0) is 61.4 Å². The molecule has 0 bridgehead atoms. The molecule has 0 unspecified atom stereocenters. The topological polar surface area (TPSA) is 74.8 Å². The van der Waals surface area contributed by atoms with E-state index in [1.807, 2.05) is 53.4 Å². The van der Waals surface area contributed by atoms with Gasteiger partial charge in [-0.15, -0.1) is 0 Å². The Kier molecular flexibility index (Phi) is 4.48. The summed E-state index contributed by atoms with van der Waals surface area (Å²) in [7, 11) is 0. The molecule has 0 spiro atoms. The Morgan fingerprint density at radius 1 is 1.10 bits per heavy atom. The second kappa shape index (κ2) is 7.29. The first-order valence-corrected chi connectivity index (χ1v) is 9.90. The number of nitrogens with zero attached hydrogens (tertiary/aromatic N) is 4. The zero-order chi connectivity index (χ0) is 19.8. The molecule has 0 saturated carbocycles. The molecular weight excluding hydrogens is 386 g/mol. The van der Waals surface area contributed by atoms with Crippen molar-refractivity contribution < 1.29 is 4.79 Å². The quantitative estimate of drug-likeness (QED) is 0.540. The number of likely N-dealkylation sites (tertiary alicyclic amines) is 1. The third-order valence-corrected chi connectivity index (χ3v) is 5.55. The fraction of sp³-hybridized carbons (Fsp3) is 0.182. The number of H-pyrrole nitrogens is 1. The van der Waals surface area contributed by atoms with Crippen molar-refractivity contribution in [1.82, 2.24) is 24.8 Å². The largest absolute Gasteiger partial charge is 0.345 e. The number of aromatic nitrogens is 4. The second-order valence-corrected chi connectivity index (χ2v) is 7.54. The Balaban J connectivity index is 1.45. The van der Waals surface area contributed by atoms with Gasteiger partial charge in [-0.1, -0.05) is 11.6 Å². The first-order chi connectivity index (χ1) is 14.2. The summed E-state index contributed by atoms with van der Waals surface area (Å²) in [6.45, 7) is 0.713. The summed E-state index contributed by atoms with van der Waals surface area (Å²) in [5, 5.41) is 0.673. The number of carbonyl (C=O) groups excluding carboxylic acids is 1. The van der Waals surface area contributed by atoms with Crippen molar-refractivity contribution in [2.45, 2.75) is 18.9 Å². The summed E-state index contributed by atoms with van der Waals surface area (Å²) in [6.07, 6.45) is 5.22. The van der Waals surface area contributed by atoms with Crippen LogP contribution < -0.4 is 0 Å². The van der Waals surface area contributed by atoms with Crippen molar-refractivity contribution in [3.05, 3.63) is 77.3 Å². The monoisotopic (exact) mass is 403 g/mol. The maximum Gasteiger partial charge on any atom is 0.254 e. The highest BCUT2D eigenvalue weighted by Gasteiger charge is 2.32. The van der Waals surface area contributed by atoms with Crippen molar-refractivity contribution >= 4 is 28.5 Å². The summed E-state index contributed by atoms with van der Waals surface area (Å²) in [5.74, 6) is 0.646. The van der Waals surface area contributed by atoms with Gasteiger partial charge in [0.15, 0.2) is 5.82 Å². The number of amides is 1. The van der Waals surface area contributed by atoms with Crippen LogP contribution in [-0.4, -0.2) is 37.3 Å². The van der Waals surface area contributed by atoms with E-state index in [2.05, 4.69) is 15.0 Å². The maximum atomic E-state index is 13.2. The lowest BCUT2D eigenvalue weighted by Crippen LogP contribution is -2.31. The number of fused-ring (bicyclic) bond motifs is 1. The number of carbonyl (C=O) groups is 1. The number of aromatic amines is 1. The van der Waals surface area contributed by atoms with Gasteiger partial charge in [-0.3, -0.25) is 4.79 Å². The molecule has 1 fully saturated rings. The predicted molar refractivity (Wildman–Crippen MR) is 112 cm³/mol. The standard InChI is InChI=1S/C22H18ClN5O/c23-16-6-3-14(4-7-16)21-24-10-9-18(27-21)20-2-1-11-28(20)22(29)15-5-8-17-19(12-15)26-13-25-17/h3-10,12-13,20H,1-2,11H2,(H,25,26)/t20-/m0/s1. The molecule has 1 saturated heterocycles. The number of hydrogen-bond donors (Lipinski definition) is 1. The molecule has 4 aromatic rings. The summed E-state index contributed by atoms with van der Waals surface area (Å²) < 4.78 is 0. The van der Waals surface area contributed by atoms with Gasteiger partial charge in [0.25, 0.3) is 5.91 Å². The molecule has 1 aliphatic rings. The van der Waals surface area contributed by atoms with E-state index in [0.29, 0.717) is 23.0 Å². The molecule has 1 N–H and O–H groups in total. The van der Waals surface area contributed by atoms with Gasteiger partial charge in [0.2, 0.25) is 0 Å². The lowest BCUT2D eigenvalue weighted by molar-refractivity contribution is 0.0733. The van der Waals surface area contributed by atoms with Crippen LogP contribution in [0.25, 0.3) is 22.4 Å². The Morgan fingerprint density at radius 3 is 2.83 bits per heavy atom. The van der Waals surface area contributed by atoms with E-state index < -0.39 is 0 Å². The van der Waals surface area contributed by atoms with Gasteiger partial charge >= 0.3 is 0 Å². The highest BCUT2D eigenvalue weighted by molar-refractivity contribution is 6.30. The van der Waals surface area contributed by atoms with Crippen molar-refractivity contribution in [3.63, 3.8) is 0 Å². The number of halogens is 1. The summed E-state index contributed by atoms with van der Waals surface area (Å²) in [5.41, 5.74) is 4.12. The number of imidazole rings is 1. The van der Waals surface area contributed by atoms with E-state index in [-0.39, 0.29) is 11.9 Å². The van der Waals surface area contributed by atoms with E-state index in [0.717, 1.165) is 35.1 Å². The van der Waals surface area contributed by atoms with E-state index in [1.165, 1.54) is 0 Å². The SMILES string of the molecule is O=C(c1ccc2nc[nH]c2c1)N1CCC[C@H]1c1ccnc(-c2ccc(Cl)cc2)n1. The van der Waals surface area contributed by atoms with Crippen LogP contribution in [0.1, 0.15) is 34.9 Å². The van der Waals surface area contributed by atoms with Gasteiger partial charge in [-0.2, -0.15) is 0 Å². The van der Waals surface area contributed by atoms with Gasteiger partial charge in [0.05, 0.1) is 29.1 Å². The van der Waals surface area contributed by atoms with E-state index in [4.69, 9.17) is 16.6 Å². The Bertz CT molecular complexity index is 1190. The minimum atomic E-state index is -0.0611. The van der Waals surface area contributed by atoms with Gasteiger partial charge < -0.3 is 9.88 Å². The van der Waals surface area contributed by atoms with Crippen LogP contribution in [0.5, 0.6) is 0 Å². The fourth-order valence-electron chi connectivity index (χ4n) is 3.85. The minimum Gasteiger partial charge on any atom is -0.345 e. The highest BCUT2D eigenvalue weighted by Crippen LogP contribution is 2.33. The van der Waals surface area contributed by atoms with Crippen LogP contribution in [0.3, 0.4) is 0 Å². The molecule has 2 aromatic heterocycles. The summed E-state index contributed by atoms with van der Waals surface area (Å²) in [4.78, 5) is 31.6. The lowest BCUT2D eigenvalue weighted by Gasteiger charge is -2.24. The van der Waals surface area contributed by atoms with E-state index in [1.54, 1.807) is 12.5 Å². The van der Waals surface area contributed by atoms with Crippen molar-refractivity contribution in [2.24, 2.45) is 0 Å². The van der Waals surface area contributed by atoms with Crippen molar-refractivity contribution in [1.29, 1.82) is 0 Å². The highest BCUT2D eigenvalue weighted by atomic mass is 35.5. The molecule has 1 atom stereocenters. The number of hydrogen-bond acceptors (Lipinski definition) is 4. The molecule has 0 aliphatic carbocycles. The van der Waals surface area contributed by atoms with Gasteiger partial charge in [0.1, 0.15) is 0 Å². The lowest BCUT2D eigenvalue weighted by atomic mass is 10.1. The zero-order valence-corrected chi connectivity index (χ0v) is 16.3. The van der Waals surface area contributed by atoms with Gasteiger partial charge in [0, 0.05) is 28.9 Å². The Morgan fingerprint density at radius 2 is 1.97 bits per heavy atom. The smallest absolute Gasteiger partial charge is 0.254 e. The van der Waals surface area contributed by atoms with Gasteiger partial charge in [-0.25, -0.2) is 15.0 Å². The molecule has 7 heteroatoms.